The molecule has 3 amide bonds. The fourth-order valence-corrected chi connectivity index (χ4v) is 11.2. The van der Waals surface area contributed by atoms with E-state index in [-0.39, 0.29) is 64.0 Å². The number of aromatic nitrogens is 1. The van der Waals surface area contributed by atoms with Crippen LogP contribution in [-0.2, 0) is 14.4 Å². The number of carbonyl (C=O) groups is 3. The van der Waals surface area contributed by atoms with Crippen molar-refractivity contribution in [2.24, 2.45) is 29.6 Å². The lowest BCUT2D eigenvalue weighted by atomic mass is 9.68. The van der Waals surface area contributed by atoms with Crippen LogP contribution in [0, 0.1) is 36.5 Å². The van der Waals surface area contributed by atoms with Gasteiger partial charge in [-0.2, -0.15) is 0 Å². The molecule has 7 atom stereocenters. The molecule has 2 aliphatic carbocycles. The summed E-state index contributed by atoms with van der Waals surface area (Å²) < 4.78 is 6.17. The number of aromatic amines is 1. The molecule has 1 aromatic heterocycles. The molecule has 2 aliphatic heterocycles. The van der Waals surface area contributed by atoms with Gasteiger partial charge in [-0.3, -0.25) is 24.1 Å². The number of anilines is 2. The Labute approximate surface area is 272 Å². The van der Waals surface area contributed by atoms with E-state index in [0.29, 0.717) is 22.1 Å². The van der Waals surface area contributed by atoms with E-state index < -0.39 is 5.92 Å². The minimum atomic E-state index is -0.423. The number of rotatable bonds is 6. The first-order valence-electron chi connectivity index (χ1n) is 14.9. The molecule has 2 N–H and O–H groups in total. The number of imide groups is 1. The number of hydrogen-bond donors (Lipinski definition) is 2. The molecule has 3 fully saturated rings. The first-order chi connectivity index (χ1) is 21.8. The highest BCUT2D eigenvalue weighted by atomic mass is 35.5. The van der Waals surface area contributed by atoms with Crippen molar-refractivity contribution in [3.8, 4) is 5.75 Å². The number of hydrogen-bond acceptors (Lipinski definition) is 7. The number of amides is 3. The predicted molar refractivity (Wildman–Crippen MR) is 174 cm³/mol. The van der Waals surface area contributed by atoms with Crippen molar-refractivity contribution in [1.82, 2.24) is 4.98 Å². The zero-order valence-electron chi connectivity index (χ0n) is 24.1. The number of thiazole rings is 1. The number of halogens is 1. The van der Waals surface area contributed by atoms with E-state index in [2.05, 4.69) is 10.3 Å². The van der Waals surface area contributed by atoms with Crippen molar-refractivity contribution in [3.63, 3.8) is 0 Å². The van der Waals surface area contributed by atoms with Crippen molar-refractivity contribution in [1.29, 1.82) is 0 Å². The average molecular weight is 658 g/mol. The second-order valence-electron chi connectivity index (χ2n) is 12.2. The maximum atomic E-state index is 14.0. The minimum absolute atomic E-state index is 0.0112. The molecule has 0 spiro atoms. The van der Waals surface area contributed by atoms with Gasteiger partial charge in [0.1, 0.15) is 5.75 Å². The zero-order valence-corrected chi connectivity index (χ0v) is 26.5. The molecular weight excluding hydrogens is 630 g/mol. The number of ether oxygens (including phenoxy) is 1. The quantitative estimate of drug-likeness (QED) is 0.243. The van der Waals surface area contributed by atoms with E-state index >= 15 is 0 Å². The Bertz CT molecular complexity index is 1930. The monoisotopic (exact) mass is 657 g/mol. The summed E-state index contributed by atoms with van der Waals surface area (Å²) in [4.78, 5) is 58.5. The largest absolute Gasteiger partial charge is 0.483 e. The van der Waals surface area contributed by atoms with E-state index in [1.165, 1.54) is 4.90 Å². The molecule has 8 rings (SSSR count). The number of benzene rings is 3. The van der Waals surface area contributed by atoms with Gasteiger partial charge < -0.3 is 15.0 Å². The third-order valence-electron chi connectivity index (χ3n) is 9.71. The van der Waals surface area contributed by atoms with E-state index in [1.54, 1.807) is 36.0 Å². The van der Waals surface area contributed by atoms with Gasteiger partial charge in [-0.25, -0.2) is 0 Å². The van der Waals surface area contributed by atoms with Crippen molar-refractivity contribution in [3.05, 3.63) is 103 Å². The number of nitrogens with zero attached hydrogens (tertiary/aromatic N) is 1. The van der Waals surface area contributed by atoms with Gasteiger partial charge in [0, 0.05) is 32.3 Å². The Balaban J connectivity index is 1.15. The van der Waals surface area contributed by atoms with Crippen LogP contribution in [-0.4, -0.2) is 34.6 Å². The number of para-hydroxylation sites is 1. The summed E-state index contributed by atoms with van der Waals surface area (Å²) in [5.41, 5.74) is 3.10. The van der Waals surface area contributed by atoms with Gasteiger partial charge in [0.15, 0.2) is 6.61 Å². The molecule has 2 bridgehead atoms. The topological polar surface area (TPSA) is 109 Å². The highest BCUT2D eigenvalue weighted by Crippen LogP contribution is 2.69. The molecule has 0 radical (unpaired) electrons. The van der Waals surface area contributed by atoms with Crippen LogP contribution in [0.5, 0.6) is 5.75 Å². The normalized spacial score (nSPS) is 27.7. The standard InChI is InChI=1S/C34H28ClN3O5S2/c1-16-6-5-7-18(12-16)36-24(39)15-43-23-11-10-17(35)13-20(23)25-26-21-14-22(29(26)44-31-30(25)45-34(42)37-31)28-27(21)32(40)38(33(28)41)19-8-3-2-4-9-19/h2-13,21-22,25-29H,14-15H2,1H3,(H,36,39)(H,37,42)/t21-,22-,25+,26-,27+,28+,29-/m1/s1. The number of thioether (sulfide) groups is 1. The molecule has 3 heterocycles. The van der Waals surface area contributed by atoms with Crippen LogP contribution in [0.1, 0.15) is 28.3 Å². The van der Waals surface area contributed by atoms with E-state index in [1.807, 2.05) is 55.5 Å². The highest BCUT2D eigenvalue weighted by molar-refractivity contribution is 8.00. The fourth-order valence-electron chi connectivity index (χ4n) is 8.15. The number of carbonyl (C=O) groups excluding carboxylic acids is 3. The fraction of sp³-hybridized carbons (Fsp3) is 0.294. The third-order valence-corrected chi connectivity index (χ3v) is 12.5. The van der Waals surface area contributed by atoms with Crippen LogP contribution in [0.25, 0.3) is 0 Å². The van der Waals surface area contributed by atoms with Gasteiger partial charge in [0.25, 0.3) is 5.91 Å². The number of H-pyrrole nitrogens is 1. The summed E-state index contributed by atoms with van der Waals surface area (Å²) in [5, 5.41) is 4.19. The number of fused-ring (bicyclic) bond motifs is 9. The first kappa shape index (κ1) is 28.6. The summed E-state index contributed by atoms with van der Waals surface area (Å²) >= 11 is 9.37. The average Bonchev–Trinajstić information content (AvgIpc) is 3.75. The smallest absolute Gasteiger partial charge is 0.305 e. The predicted octanol–water partition coefficient (Wildman–Crippen LogP) is 6.09. The molecule has 0 unspecified atom stereocenters. The Morgan fingerprint density at radius 2 is 1.78 bits per heavy atom. The summed E-state index contributed by atoms with van der Waals surface area (Å²) in [6, 6.07) is 22.0. The Morgan fingerprint density at radius 3 is 2.56 bits per heavy atom. The molecule has 1 saturated heterocycles. The highest BCUT2D eigenvalue weighted by Gasteiger charge is 2.69. The molecule has 45 heavy (non-hydrogen) atoms. The maximum absolute atomic E-state index is 14.0. The Kier molecular flexibility index (Phi) is 6.92. The molecule has 2 saturated carbocycles. The second-order valence-corrected chi connectivity index (χ2v) is 14.8. The van der Waals surface area contributed by atoms with Gasteiger partial charge in [-0.15, -0.1) is 11.8 Å². The zero-order chi connectivity index (χ0) is 31.0. The SMILES string of the molecule is Cc1cccc(NC(=O)COc2ccc(Cl)cc2[C@@H]2c3sc(=O)[nH]c3S[C@@H]3[C@@H]4C[C@@H]([C@@H]5C(=O)N(c6ccccc6)C(=O)[C@@H]45)[C@H]23)c1. The second kappa shape index (κ2) is 10.9. The van der Waals surface area contributed by atoms with Crippen LogP contribution in [0.2, 0.25) is 5.02 Å². The van der Waals surface area contributed by atoms with E-state index in [9.17, 15) is 19.2 Å². The van der Waals surface area contributed by atoms with E-state index in [0.717, 1.165) is 38.8 Å². The van der Waals surface area contributed by atoms with Gasteiger partial charge in [-0.1, -0.05) is 53.3 Å². The molecular formula is C34H28ClN3O5S2. The lowest BCUT2D eigenvalue weighted by Crippen LogP contribution is -2.42. The Morgan fingerprint density at radius 1 is 1.00 bits per heavy atom. The molecule has 228 valence electrons. The van der Waals surface area contributed by atoms with Crippen molar-refractivity contribution in [2.45, 2.75) is 29.5 Å². The summed E-state index contributed by atoms with van der Waals surface area (Å²) in [6.45, 7) is 1.74. The van der Waals surface area contributed by atoms with Crippen molar-refractivity contribution in [2.75, 3.05) is 16.8 Å². The van der Waals surface area contributed by atoms with Crippen molar-refractivity contribution >= 4 is 63.8 Å². The van der Waals surface area contributed by atoms with Crippen LogP contribution in [0.15, 0.2) is 82.6 Å². The maximum Gasteiger partial charge on any atom is 0.305 e. The molecule has 4 aromatic rings. The summed E-state index contributed by atoms with van der Waals surface area (Å²) in [7, 11) is 0. The molecule has 4 aliphatic rings. The van der Waals surface area contributed by atoms with Gasteiger partial charge >= 0.3 is 4.87 Å². The number of aryl methyl sites for hydroxylation is 1. The van der Waals surface area contributed by atoms with Gasteiger partial charge in [0.05, 0.1) is 22.5 Å². The molecule has 11 heteroatoms. The summed E-state index contributed by atoms with van der Waals surface area (Å²) in [6.07, 6.45) is 0.767. The van der Waals surface area contributed by atoms with Crippen molar-refractivity contribution < 1.29 is 19.1 Å². The van der Waals surface area contributed by atoms with Crippen LogP contribution >= 0.6 is 34.7 Å². The minimum Gasteiger partial charge on any atom is -0.483 e. The van der Waals surface area contributed by atoms with Crippen LogP contribution in [0.4, 0.5) is 11.4 Å². The molecule has 8 nitrogen and oxygen atoms in total. The lowest BCUT2D eigenvalue weighted by Gasteiger charge is -2.43. The van der Waals surface area contributed by atoms with Gasteiger partial charge in [-0.05, 0) is 79.1 Å². The Hall–Kier alpha value is -3.86. The number of nitrogens with one attached hydrogen (secondary N) is 2. The lowest BCUT2D eigenvalue weighted by molar-refractivity contribution is -0.123. The molecule has 3 aromatic carbocycles. The van der Waals surface area contributed by atoms with Gasteiger partial charge in [0.2, 0.25) is 11.8 Å². The summed E-state index contributed by atoms with van der Waals surface area (Å²) in [5.74, 6) is -1.29. The van der Waals surface area contributed by atoms with Crippen LogP contribution in [0.3, 0.4) is 0 Å². The third kappa shape index (κ3) is 4.64. The first-order valence-corrected chi connectivity index (χ1v) is 17.0. The van der Waals surface area contributed by atoms with E-state index in [4.69, 9.17) is 16.3 Å². The van der Waals surface area contributed by atoms with Crippen LogP contribution < -0.4 is 19.8 Å².